The first-order chi connectivity index (χ1) is 17.9. The molecule has 4 rings (SSSR count). The van der Waals surface area contributed by atoms with Gasteiger partial charge < -0.3 is 9.64 Å². The van der Waals surface area contributed by atoms with Crippen molar-refractivity contribution in [3.05, 3.63) is 59.9 Å². The number of carbonyl (C=O) groups excluding carboxylic acids is 1. The van der Waals surface area contributed by atoms with Crippen LogP contribution in [-0.4, -0.2) is 94.5 Å². The van der Waals surface area contributed by atoms with E-state index in [1.165, 1.54) is 16.4 Å². The van der Waals surface area contributed by atoms with Crippen molar-refractivity contribution < 1.29 is 17.9 Å². The second kappa shape index (κ2) is 11.8. The molecule has 1 saturated heterocycles. The molecule has 1 fully saturated rings. The molecule has 0 aliphatic carbocycles. The highest BCUT2D eigenvalue weighted by Gasteiger charge is 2.25. The molecule has 0 saturated carbocycles. The Labute approximate surface area is 217 Å². The van der Waals surface area contributed by atoms with Gasteiger partial charge in [0.25, 0.3) is 5.91 Å². The van der Waals surface area contributed by atoms with E-state index in [1.807, 2.05) is 31.2 Å². The molecule has 0 unspecified atom stereocenters. The molecular weight excluding hydrogens is 494 g/mol. The summed E-state index contributed by atoms with van der Waals surface area (Å²) in [6, 6.07) is 13.8. The standard InChI is InChI=1S/C25H33N7O4S/c1-4-31(5-2)37(34,35)23-13-7-20(8-14-23)25(33)30-17-15-29(16-18-30)19-24-26-27-28-32(24)21-9-11-22(12-10-21)36-6-3/h7-14H,4-6,15-19H2,1-3H3. The number of nitrogens with zero attached hydrogens (tertiary/aromatic N) is 7. The highest BCUT2D eigenvalue weighted by molar-refractivity contribution is 7.89. The summed E-state index contributed by atoms with van der Waals surface area (Å²) in [5.41, 5.74) is 1.33. The van der Waals surface area contributed by atoms with E-state index in [4.69, 9.17) is 4.74 Å². The zero-order valence-corrected chi connectivity index (χ0v) is 22.3. The van der Waals surface area contributed by atoms with Crippen LogP contribution in [-0.2, 0) is 16.6 Å². The number of benzene rings is 2. The van der Waals surface area contributed by atoms with Gasteiger partial charge in [-0.25, -0.2) is 8.42 Å². The molecule has 1 aliphatic heterocycles. The van der Waals surface area contributed by atoms with Crippen molar-refractivity contribution in [3.63, 3.8) is 0 Å². The van der Waals surface area contributed by atoms with Gasteiger partial charge in [-0.2, -0.15) is 8.99 Å². The average molecular weight is 528 g/mol. The Bertz CT molecular complexity index is 1280. The Kier molecular flexibility index (Phi) is 8.52. The van der Waals surface area contributed by atoms with Crippen molar-refractivity contribution in [2.24, 2.45) is 0 Å². The van der Waals surface area contributed by atoms with E-state index in [0.717, 1.165) is 11.4 Å². The monoisotopic (exact) mass is 527 g/mol. The molecule has 0 radical (unpaired) electrons. The Morgan fingerprint density at radius 2 is 1.59 bits per heavy atom. The number of hydrogen-bond acceptors (Lipinski definition) is 8. The Morgan fingerprint density at radius 1 is 0.946 bits per heavy atom. The van der Waals surface area contributed by atoms with Gasteiger partial charge in [0.05, 0.1) is 23.7 Å². The minimum absolute atomic E-state index is 0.106. The van der Waals surface area contributed by atoms with Gasteiger partial charge in [0.2, 0.25) is 10.0 Å². The third-order valence-corrected chi connectivity index (χ3v) is 8.46. The lowest BCUT2D eigenvalue weighted by atomic mass is 10.2. The molecule has 0 bridgehead atoms. The first-order valence-electron chi connectivity index (χ1n) is 12.5. The lowest BCUT2D eigenvalue weighted by Crippen LogP contribution is -2.48. The number of piperazine rings is 1. The van der Waals surface area contributed by atoms with Crippen molar-refractivity contribution >= 4 is 15.9 Å². The summed E-state index contributed by atoms with van der Waals surface area (Å²) in [6.45, 7) is 9.98. The van der Waals surface area contributed by atoms with E-state index < -0.39 is 10.0 Å². The molecule has 0 atom stereocenters. The smallest absolute Gasteiger partial charge is 0.253 e. The zero-order valence-electron chi connectivity index (χ0n) is 21.4. The van der Waals surface area contributed by atoms with Gasteiger partial charge in [0.1, 0.15) is 5.75 Å². The fraction of sp³-hybridized carbons (Fsp3) is 0.440. The van der Waals surface area contributed by atoms with Gasteiger partial charge in [0, 0.05) is 44.8 Å². The van der Waals surface area contributed by atoms with Crippen LogP contribution in [0.1, 0.15) is 37.0 Å². The van der Waals surface area contributed by atoms with Crippen molar-refractivity contribution in [1.29, 1.82) is 0 Å². The van der Waals surface area contributed by atoms with Gasteiger partial charge in [-0.1, -0.05) is 13.8 Å². The molecule has 1 amide bonds. The van der Waals surface area contributed by atoms with Crippen molar-refractivity contribution in [2.45, 2.75) is 32.2 Å². The van der Waals surface area contributed by atoms with Crippen LogP contribution in [0, 0.1) is 0 Å². The van der Waals surface area contributed by atoms with Crippen molar-refractivity contribution in [1.82, 2.24) is 34.3 Å². The average Bonchev–Trinajstić information content (AvgIpc) is 3.38. The summed E-state index contributed by atoms with van der Waals surface area (Å²) in [5, 5.41) is 12.2. The maximum atomic E-state index is 13.0. The third-order valence-electron chi connectivity index (χ3n) is 6.40. The molecule has 3 aromatic rings. The van der Waals surface area contributed by atoms with E-state index in [0.29, 0.717) is 63.8 Å². The molecule has 11 nitrogen and oxygen atoms in total. The first kappa shape index (κ1) is 26.7. The lowest BCUT2D eigenvalue weighted by molar-refractivity contribution is 0.0624. The van der Waals surface area contributed by atoms with Crippen LogP contribution >= 0.6 is 0 Å². The molecule has 0 spiro atoms. The van der Waals surface area contributed by atoms with E-state index in [1.54, 1.807) is 35.6 Å². The summed E-state index contributed by atoms with van der Waals surface area (Å²) in [4.78, 5) is 17.2. The predicted molar refractivity (Wildman–Crippen MR) is 138 cm³/mol. The molecule has 2 aromatic carbocycles. The summed E-state index contributed by atoms with van der Waals surface area (Å²) in [5.74, 6) is 1.40. The summed E-state index contributed by atoms with van der Waals surface area (Å²) >= 11 is 0. The van der Waals surface area contributed by atoms with Gasteiger partial charge in [-0.15, -0.1) is 5.10 Å². The number of aromatic nitrogens is 4. The second-order valence-electron chi connectivity index (χ2n) is 8.62. The number of carbonyl (C=O) groups is 1. The predicted octanol–water partition coefficient (Wildman–Crippen LogP) is 2.05. The molecule has 37 heavy (non-hydrogen) atoms. The maximum Gasteiger partial charge on any atom is 0.253 e. The molecule has 0 N–H and O–H groups in total. The van der Waals surface area contributed by atoms with E-state index in [9.17, 15) is 13.2 Å². The largest absolute Gasteiger partial charge is 0.494 e. The van der Waals surface area contributed by atoms with Gasteiger partial charge in [-0.05, 0) is 65.9 Å². The fourth-order valence-electron chi connectivity index (χ4n) is 4.33. The number of amides is 1. The summed E-state index contributed by atoms with van der Waals surface area (Å²) in [7, 11) is -3.55. The van der Waals surface area contributed by atoms with Crippen LogP contribution in [0.2, 0.25) is 0 Å². The number of rotatable bonds is 10. The number of ether oxygens (including phenoxy) is 1. The Hall–Kier alpha value is -3.35. The molecule has 1 aromatic heterocycles. The maximum absolute atomic E-state index is 13.0. The van der Waals surface area contributed by atoms with Crippen LogP contribution in [0.3, 0.4) is 0 Å². The quantitative estimate of drug-likeness (QED) is 0.394. The summed E-state index contributed by atoms with van der Waals surface area (Å²) < 4.78 is 34.0. The van der Waals surface area contributed by atoms with Gasteiger partial charge in [0.15, 0.2) is 5.82 Å². The third kappa shape index (κ3) is 5.97. The van der Waals surface area contributed by atoms with Crippen LogP contribution in [0.25, 0.3) is 5.69 Å². The SMILES string of the molecule is CCOc1ccc(-n2nnnc2CN2CCN(C(=O)c3ccc(S(=O)(=O)N(CC)CC)cc3)CC2)cc1. The molecule has 198 valence electrons. The molecule has 1 aliphatic rings. The number of tetrazole rings is 1. The minimum Gasteiger partial charge on any atom is -0.494 e. The Balaban J connectivity index is 1.35. The van der Waals surface area contributed by atoms with Crippen LogP contribution in [0.5, 0.6) is 5.75 Å². The minimum atomic E-state index is -3.55. The lowest BCUT2D eigenvalue weighted by Gasteiger charge is -2.34. The van der Waals surface area contributed by atoms with Crippen LogP contribution in [0.4, 0.5) is 0 Å². The van der Waals surface area contributed by atoms with E-state index >= 15 is 0 Å². The first-order valence-corrected chi connectivity index (χ1v) is 13.9. The molecular formula is C25H33N7O4S. The zero-order chi connectivity index (χ0) is 26.4. The highest BCUT2D eigenvalue weighted by Crippen LogP contribution is 2.19. The molecule has 12 heteroatoms. The number of hydrogen-bond donors (Lipinski definition) is 0. The van der Waals surface area contributed by atoms with E-state index in [2.05, 4.69) is 20.4 Å². The summed E-state index contributed by atoms with van der Waals surface area (Å²) in [6.07, 6.45) is 0. The topological polar surface area (TPSA) is 114 Å². The van der Waals surface area contributed by atoms with Crippen molar-refractivity contribution in [2.75, 3.05) is 45.9 Å². The second-order valence-corrected chi connectivity index (χ2v) is 10.6. The number of sulfonamides is 1. The highest BCUT2D eigenvalue weighted by atomic mass is 32.2. The van der Waals surface area contributed by atoms with Gasteiger partial charge in [-0.3, -0.25) is 9.69 Å². The molecule has 2 heterocycles. The Morgan fingerprint density at radius 3 is 2.19 bits per heavy atom. The van der Waals surface area contributed by atoms with Gasteiger partial charge >= 0.3 is 0 Å². The van der Waals surface area contributed by atoms with Crippen LogP contribution in [0.15, 0.2) is 53.4 Å². The van der Waals surface area contributed by atoms with Crippen LogP contribution < -0.4 is 4.74 Å². The fourth-order valence-corrected chi connectivity index (χ4v) is 5.79. The normalized spacial score (nSPS) is 14.8. The van der Waals surface area contributed by atoms with Crippen molar-refractivity contribution in [3.8, 4) is 11.4 Å². The van der Waals surface area contributed by atoms with E-state index in [-0.39, 0.29) is 10.8 Å².